The van der Waals surface area contributed by atoms with Gasteiger partial charge in [0.2, 0.25) is 5.91 Å². The van der Waals surface area contributed by atoms with Crippen LogP contribution in [-0.2, 0) is 22.5 Å². The number of hydrogen-bond donors (Lipinski definition) is 1. The van der Waals surface area contributed by atoms with Crippen LogP contribution in [0.4, 0.5) is 5.13 Å². The van der Waals surface area contributed by atoms with Crippen molar-refractivity contribution in [3.8, 4) is 11.3 Å². The maximum atomic E-state index is 12.3. The Labute approximate surface area is 190 Å². The minimum absolute atomic E-state index is 0.119. The number of oxazole rings is 1. The van der Waals surface area contributed by atoms with Gasteiger partial charge in [-0.2, -0.15) is 0 Å². The third-order valence-corrected chi connectivity index (χ3v) is 6.07. The number of amides is 1. The summed E-state index contributed by atoms with van der Waals surface area (Å²) in [5, 5.41) is 6.07. The minimum Gasteiger partial charge on any atom is -0.441 e. The zero-order valence-electron chi connectivity index (χ0n) is 17.5. The summed E-state index contributed by atoms with van der Waals surface area (Å²) in [6.45, 7) is 6.69. The van der Waals surface area contributed by atoms with Crippen LogP contribution in [0.15, 0.2) is 40.3 Å². The molecular weight excluding hydrogens is 436 g/mol. The lowest BCUT2D eigenvalue weighted by Gasteiger charge is -2.34. The van der Waals surface area contributed by atoms with Gasteiger partial charge in [-0.1, -0.05) is 23.7 Å². The number of carbonyl (C=O) groups excluding carboxylic acids is 1. The third-order valence-electron chi connectivity index (χ3n) is 4.94. The van der Waals surface area contributed by atoms with Gasteiger partial charge in [0, 0.05) is 43.4 Å². The number of rotatable bonds is 7. The number of aromatic nitrogens is 2. The van der Waals surface area contributed by atoms with Gasteiger partial charge >= 0.3 is 0 Å². The Balaban J connectivity index is 1.27. The zero-order valence-corrected chi connectivity index (χ0v) is 19.1. The maximum Gasteiger partial charge on any atom is 0.226 e. The van der Waals surface area contributed by atoms with Gasteiger partial charge in [-0.25, -0.2) is 9.97 Å². The SMILES string of the molecule is CC1CN(Cc2csc(NC(=O)CCc3ncc(-c4ccccc4Cl)o3)n2)CC(C)O1. The van der Waals surface area contributed by atoms with Crippen molar-refractivity contribution in [2.75, 3.05) is 18.4 Å². The average Bonchev–Trinajstić information content (AvgIpc) is 3.35. The fourth-order valence-corrected chi connectivity index (χ4v) is 4.64. The molecule has 2 unspecified atom stereocenters. The number of nitrogens with one attached hydrogen (secondary N) is 1. The highest BCUT2D eigenvalue weighted by Gasteiger charge is 2.23. The number of morpholine rings is 1. The van der Waals surface area contributed by atoms with Crippen LogP contribution >= 0.6 is 22.9 Å². The summed E-state index contributed by atoms with van der Waals surface area (Å²) in [7, 11) is 0. The van der Waals surface area contributed by atoms with Gasteiger partial charge in [0.15, 0.2) is 16.8 Å². The Hall–Kier alpha value is -2.26. The van der Waals surface area contributed by atoms with E-state index in [1.165, 1.54) is 11.3 Å². The number of aryl methyl sites for hydroxylation is 1. The van der Waals surface area contributed by atoms with Crippen LogP contribution in [0, 0.1) is 0 Å². The molecule has 1 saturated heterocycles. The molecule has 0 bridgehead atoms. The van der Waals surface area contributed by atoms with Gasteiger partial charge in [-0.3, -0.25) is 9.69 Å². The number of nitrogens with zero attached hydrogens (tertiary/aromatic N) is 3. The smallest absolute Gasteiger partial charge is 0.226 e. The molecule has 9 heteroatoms. The van der Waals surface area contributed by atoms with Crippen molar-refractivity contribution in [1.82, 2.24) is 14.9 Å². The number of ether oxygens (including phenoxy) is 1. The Morgan fingerprint density at radius 3 is 2.84 bits per heavy atom. The van der Waals surface area contributed by atoms with Crippen LogP contribution in [0.3, 0.4) is 0 Å². The molecule has 3 heterocycles. The second-order valence-corrected chi connectivity index (χ2v) is 9.01. The average molecular weight is 461 g/mol. The van der Waals surface area contributed by atoms with Gasteiger partial charge in [-0.15, -0.1) is 11.3 Å². The number of anilines is 1. The molecule has 1 amide bonds. The molecule has 3 aromatic rings. The number of hydrogen-bond acceptors (Lipinski definition) is 7. The van der Waals surface area contributed by atoms with E-state index in [1.54, 1.807) is 12.3 Å². The second-order valence-electron chi connectivity index (χ2n) is 7.74. The van der Waals surface area contributed by atoms with Crippen LogP contribution in [0.2, 0.25) is 5.02 Å². The topological polar surface area (TPSA) is 80.5 Å². The predicted molar refractivity (Wildman–Crippen MR) is 121 cm³/mol. The molecule has 0 saturated carbocycles. The molecule has 1 fully saturated rings. The molecule has 31 heavy (non-hydrogen) atoms. The van der Waals surface area contributed by atoms with Crippen molar-refractivity contribution in [3.63, 3.8) is 0 Å². The first-order valence-electron chi connectivity index (χ1n) is 10.3. The lowest BCUT2D eigenvalue weighted by Crippen LogP contribution is -2.44. The lowest BCUT2D eigenvalue weighted by molar-refractivity contribution is -0.116. The first-order valence-corrected chi connectivity index (χ1v) is 11.5. The van der Waals surface area contributed by atoms with Crippen LogP contribution < -0.4 is 5.32 Å². The first kappa shape index (κ1) is 22.0. The normalized spacial score (nSPS) is 19.5. The van der Waals surface area contributed by atoms with E-state index < -0.39 is 0 Å². The standard InChI is InChI=1S/C22H25ClN4O3S/c1-14-10-27(11-15(2)29-14)12-16-13-31-22(25-16)26-20(28)7-8-21-24-9-19(30-21)17-5-3-4-6-18(17)23/h3-6,9,13-15H,7-8,10-12H2,1-2H3,(H,25,26,28). The third kappa shape index (κ3) is 5.92. The quantitative estimate of drug-likeness (QED) is 0.553. The van der Waals surface area contributed by atoms with Crippen LogP contribution in [0.1, 0.15) is 31.9 Å². The largest absolute Gasteiger partial charge is 0.441 e. The van der Waals surface area contributed by atoms with Crippen molar-refractivity contribution < 1.29 is 13.9 Å². The van der Waals surface area contributed by atoms with Gasteiger partial charge in [0.1, 0.15) is 0 Å². The molecule has 1 aliphatic heterocycles. The van der Waals surface area contributed by atoms with Gasteiger partial charge in [0.05, 0.1) is 29.1 Å². The van der Waals surface area contributed by atoms with Crippen LogP contribution in [0.5, 0.6) is 0 Å². The molecule has 1 aromatic carbocycles. The highest BCUT2D eigenvalue weighted by atomic mass is 35.5. The first-order chi connectivity index (χ1) is 15.0. The summed E-state index contributed by atoms with van der Waals surface area (Å²) in [6, 6.07) is 7.42. The molecule has 4 rings (SSSR count). The summed E-state index contributed by atoms with van der Waals surface area (Å²) in [6.07, 6.45) is 2.73. The highest BCUT2D eigenvalue weighted by Crippen LogP contribution is 2.28. The van der Waals surface area contributed by atoms with Gasteiger partial charge in [-0.05, 0) is 26.0 Å². The number of thiazole rings is 1. The summed E-state index contributed by atoms with van der Waals surface area (Å²) >= 11 is 7.63. The van der Waals surface area contributed by atoms with Crippen molar-refractivity contribution >= 4 is 34.0 Å². The second kappa shape index (κ2) is 9.91. The zero-order chi connectivity index (χ0) is 21.8. The van der Waals surface area contributed by atoms with E-state index in [9.17, 15) is 4.79 Å². The van der Waals surface area contributed by atoms with Gasteiger partial charge < -0.3 is 14.5 Å². The van der Waals surface area contributed by atoms with Crippen molar-refractivity contribution in [3.05, 3.63) is 52.4 Å². The Kier molecular flexibility index (Phi) is 7.02. The predicted octanol–water partition coefficient (Wildman–Crippen LogP) is 4.63. The van der Waals surface area contributed by atoms with E-state index in [-0.39, 0.29) is 24.5 Å². The Bertz CT molecular complexity index is 1030. The molecule has 7 nitrogen and oxygen atoms in total. The van der Waals surface area contributed by atoms with E-state index in [1.807, 2.05) is 23.6 Å². The summed E-state index contributed by atoms with van der Waals surface area (Å²) in [5.41, 5.74) is 1.74. The molecular formula is C22H25ClN4O3S. The van der Waals surface area contributed by atoms with Gasteiger partial charge in [0.25, 0.3) is 0 Å². The molecule has 2 atom stereocenters. The lowest BCUT2D eigenvalue weighted by atomic mass is 10.2. The van der Waals surface area contributed by atoms with Crippen molar-refractivity contribution in [2.45, 2.75) is 45.4 Å². The summed E-state index contributed by atoms with van der Waals surface area (Å²) < 4.78 is 11.5. The number of halogens is 1. The minimum atomic E-state index is -0.119. The summed E-state index contributed by atoms with van der Waals surface area (Å²) in [5.74, 6) is 0.977. The van der Waals surface area contributed by atoms with E-state index in [0.29, 0.717) is 28.2 Å². The molecule has 1 N–H and O–H groups in total. The molecule has 0 spiro atoms. The van der Waals surface area contributed by atoms with E-state index in [4.69, 9.17) is 20.8 Å². The van der Waals surface area contributed by atoms with Crippen molar-refractivity contribution in [1.29, 1.82) is 0 Å². The van der Waals surface area contributed by atoms with Crippen LogP contribution in [0.25, 0.3) is 11.3 Å². The molecule has 0 aliphatic carbocycles. The fraction of sp³-hybridized carbons (Fsp3) is 0.409. The van der Waals surface area contributed by atoms with E-state index in [2.05, 4.69) is 34.0 Å². The Morgan fingerprint density at radius 2 is 2.06 bits per heavy atom. The van der Waals surface area contributed by atoms with E-state index in [0.717, 1.165) is 30.9 Å². The highest BCUT2D eigenvalue weighted by molar-refractivity contribution is 7.13. The maximum absolute atomic E-state index is 12.3. The monoisotopic (exact) mass is 460 g/mol. The molecule has 164 valence electrons. The Morgan fingerprint density at radius 1 is 1.29 bits per heavy atom. The molecule has 0 radical (unpaired) electrons. The molecule has 2 aromatic heterocycles. The number of carbonyl (C=O) groups is 1. The van der Waals surface area contributed by atoms with E-state index >= 15 is 0 Å². The van der Waals surface area contributed by atoms with Crippen LogP contribution in [-0.4, -0.2) is 46.1 Å². The number of benzene rings is 1. The fourth-order valence-electron chi connectivity index (χ4n) is 3.69. The van der Waals surface area contributed by atoms with Crippen molar-refractivity contribution in [2.24, 2.45) is 0 Å². The molecule has 1 aliphatic rings. The summed E-state index contributed by atoms with van der Waals surface area (Å²) in [4.78, 5) is 23.5.